The van der Waals surface area contributed by atoms with Gasteiger partial charge in [-0.15, -0.1) is 10.2 Å². The Kier molecular flexibility index (Phi) is 6.23. The van der Waals surface area contributed by atoms with E-state index in [4.69, 9.17) is 9.15 Å². The number of hydrogen-bond donors (Lipinski definition) is 0. The van der Waals surface area contributed by atoms with Crippen molar-refractivity contribution in [3.8, 4) is 11.4 Å². The van der Waals surface area contributed by atoms with Crippen molar-refractivity contribution < 1.29 is 13.9 Å². The van der Waals surface area contributed by atoms with Crippen LogP contribution in [0.25, 0.3) is 5.69 Å². The Bertz CT molecular complexity index is 1180. The normalized spacial score (nSPS) is 10.9. The molecule has 0 saturated heterocycles. The predicted molar refractivity (Wildman–Crippen MR) is 120 cm³/mol. The minimum Gasteiger partial charge on any atom is -0.484 e. The van der Waals surface area contributed by atoms with E-state index in [9.17, 15) is 4.79 Å². The molecule has 0 amide bonds. The highest BCUT2D eigenvalue weighted by molar-refractivity contribution is 7.99. The number of carbonyl (C=O) groups is 1. The van der Waals surface area contributed by atoms with Gasteiger partial charge in [0.05, 0.1) is 5.75 Å². The van der Waals surface area contributed by atoms with E-state index < -0.39 is 0 Å². The second-order valence-corrected chi connectivity index (χ2v) is 8.16. The maximum Gasteiger partial charge on any atom is 0.277 e. The molecule has 4 rings (SSSR count). The van der Waals surface area contributed by atoms with Gasteiger partial charge in [-0.05, 0) is 51.1 Å². The molecule has 158 valence electrons. The average Bonchev–Trinajstić information content (AvgIpc) is 3.36. The number of aryl methyl sites for hydroxylation is 2. The van der Waals surface area contributed by atoms with Gasteiger partial charge in [0.25, 0.3) is 11.1 Å². The van der Waals surface area contributed by atoms with Crippen LogP contribution >= 0.6 is 11.8 Å². The molecule has 0 aliphatic carbocycles. The first-order valence-corrected chi connectivity index (χ1v) is 10.9. The Morgan fingerprint density at radius 1 is 1.03 bits per heavy atom. The molecular weight excluding hydrogens is 410 g/mol. The Labute approximate surface area is 185 Å². The van der Waals surface area contributed by atoms with Gasteiger partial charge < -0.3 is 13.7 Å². The maximum atomic E-state index is 12.8. The molecule has 0 aliphatic heterocycles. The molecule has 31 heavy (non-hydrogen) atoms. The van der Waals surface area contributed by atoms with Crippen LogP contribution in [0.15, 0.2) is 70.3 Å². The predicted octanol–water partition coefficient (Wildman–Crippen LogP) is 5.34. The van der Waals surface area contributed by atoms with Gasteiger partial charge in [0, 0.05) is 22.6 Å². The summed E-state index contributed by atoms with van der Waals surface area (Å²) in [5.41, 5.74) is 4.85. The number of aromatic nitrogens is 3. The number of carbonyl (C=O) groups excluding carboxylic acids is 1. The summed E-state index contributed by atoms with van der Waals surface area (Å²) in [7, 11) is 0. The van der Waals surface area contributed by atoms with Crippen LogP contribution in [0.3, 0.4) is 0 Å². The van der Waals surface area contributed by atoms with Crippen LogP contribution in [-0.4, -0.2) is 26.3 Å². The van der Waals surface area contributed by atoms with E-state index in [0.29, 0.717) is 16.7 Å². The van der Waals surface area contributed by atoms with Gasteiger partial charge in [0.1, 0.15) is 5.75 Å². The van der Waals surface area contributed by atoms with Crippen molar-refractivity contribution in [3.05, 3.63) is 89.1 Å². The average molecular weight is 434 g/mol. The standard InChI is InChI=1S/C24H23N3O3S/c1-16-9-11-20(12-10-16)29-14-23-25-26-24(30-23)31-15-22(28)21-13-17(2)27(18(21)3)19-7-5-4-6-8-19/h4-13H,14-15H2,1-3H3. The SMILES string of the molecule is Cc1ccc(OCc2nnc(SCC(=O)c3cc(C)n(-c4ccccc4)c3C)o2)cc1. The minimum atomic E-state index is 0.0240. The molecule has 0 aliphatic rings. The number of Topliss-reactive ketones (excluding diaryl/α,β-unsaturated/α-hetero) is 1. The van der Waals surface area contributed by atoms with Crippen LogP contribution in [0.2, 0.25) is 0 Å². The summed E-state index contributed by atoms with van der Waals surface area (Å²) in [4.78, 5) is 12.8. The van der Waals surface area contributed by atoms with Crippen molar-refractivity contribution in [2.24, 2.45) is 0 Å². The Morgan fingerprint density at radius 2 is 1.77 bits per heavy atom. The number of rotatable bonds is 8. The Balaban J connectivity index is 1.37. The van der Waals surface area contributed by atoms with E-state index in [2.05, 4.69) is 14.8 Å². The monoisotopic (exact) mass is 433 g/mol. The first kappa shape index (κ1) is 20.9. The fourth-order valence-electron chi connectivity index (χ4n) is 3.36. The van der Waals surface area contributed by atoms with Crippen molar-refractivity contribution in [1.82, 2.24) is 14.8 Å². The van der Waals surface area contributed by atoms with Crippen LogP contribution in [0, 0.1) is 20.8 Å². The second kappa shape index (κ2) is 9.22. The van der Waals surface area contributed by atoms with Crippen LogP contribution in [0.5, 0.6) is 5.75 Å². The van der Waals surface area contributed by atoms with Gasteiger partial charge in [-0.2, -0.15) is 0 Å². The van der Waals surface area contributed by atoms with Crippen LogP contribution in [0.4, 0.5) is 0 Å². The zero-order chi connectivity index (χ0) is 21.8. The van der Waals surface area contributed by atoms with Crippen molar-refractivity contribution in [2.45, 2.75) is 32.6 Å². The van der Waals surface area contributed by atoms with E-state index >= 15 is 0 Å². The lowest BCUT2D eigenvalue weighted by Gasteiger charge is -2.09. The molecule has 2 heterocycles. The molecule has 0 spiro atoms. The minimum absolute atomic E-state index is 0.0240. The lowest BCUT2D eigenvalue weighted by Crippen LogP contribution is -2.05. The zero-order valence-electron chi connectivity index (χ0n) is 17.7. The fraction of sp³-hybridized carbons (Fsp3) is 0.208. The summed E-state index contributed by atoms with van der Waals surface area (Å²) < 4.78 is 13.3. The lowest BCUT2D eigenvalue weighted by atomic mass is 10.2. The molecule has 2 aromatic carbocycles. The van der Waals surface area contributed by atoms with Crippen molar-refractivity contribution >= 4 is 17.5 Å². The van der Waals surface area contributed by atoms with Crippen molar-refractivity contribution in [1.29, 1.82) is 0 Å². The third-order valence-corrected chi connectivity index (χ3v) is 5.72. The molecule has 0 fully saturated rings. The van der Waals surface area contributed by atoms with E-state index in [1.807, 2.05) is 81.4 Å². The maximum absolute atomic E-state index is 12.8. The molecule has 0 N–H and O–H groups in total. The van der Waals surface area contributed by atoms with Gasteiger partial charge >= 0.3 is 0 Å². The molecule has 0 unspecified atom stereocenters. The molecule has 0 atom stereocenters. The molecule has 7 heteroatoms. The molecule has 4 aromatic rings. The molecule has 2 aromatic heterocycles. The van der Waals surface area contributed by atoms with E-state index in [0.717, 1.165) is 28.4 Å². The van der Waals surface area contributed by atoms with Gasteiger partial charge in [-0.3, -0.25) is 4.79 Å². The summed E-state index contributed by atoms with van der Waals surface area (Å²) in [6.45, 7) is 6.17. The first-order chi connectivity index (χ1) is 15.0. The third-order valence-electron chi connectivity index (χ3n) is 4.90. The van der Waals surface area contributed by atoms with Crippen LogP contribution in [0.1, 0.15) is 33.2 Å². The molecule has 0 radical (unpaired) electrons. The van der Waals surface area contributed by atoms with Gasteiger partial charge in [0.15, 0.2) is 12.4 Å². The van der Waals surface area contributed by atoms with Crippen LogP contribution < -0.4 is 4.74 Å². The Hall–Kier alpha value is -3.32. The zero-order valence-corrected chi connectivity index (χ0v) is 18.5. The Morgan fingerprint density at radius 3 is 2.52 bits per heavy atom. The fourth-order valence-corrected chi connectivity index (χ4v) is 4.02. The third kappa shape index (κ3) is 4.88. The molecule has 0 bridgehead atoms. The highest BCUT2D eigenvalue weighted by Crippen LogP contribution is 2.24. The summed E-state index contributed by atoms with van der Waals surface area (Å²) >= 11 is 1.23. The summed E-state index contributed by atoms with van der Waals surface area (Å²) in [6.07, 6.45) is 0. The molecule has 6 nitrogen and oxygen atoms in total. The topological polar surface area (TPSA) is 70.2 Å². The van der Waals surface area contributed by atoms with Gasteiger partial charge in [0.2, 0.25) is 0 Å². The number of ketones is 1. The smallest absolute Gasteiger partial charge is 0.277 e. The second-order valence-electron chi connectivity index (χ2n) is 7.23. The summed E-state index contributed by atoms with van der Waals surface area (Å²) in [6, 6.07) is 19.7. The largest absolute Gasteiger partial charge is 0.484 e. The number of ether oxygens (including phenoxy) is 1. The number of benzene rings is 2. The highest BCUT2D eigenvalue weighted by atomic mass is 32.2. The highest BCUT2D eigenvalue weighted by Gasteiger charge is 2.18. The van der Waals surface area contributed by atoms with Crippen molar-refractivity contribution in [2.75, 3.05) is 5.75 Å². The van der Waals surface area contributed by atoms with Crippen molar-refractivity contribution in [3.63, 3.8) is 0 Å². The van der Waals surface area contributed by atoms with Gasteiger partial charge in [-0.25, -0.2) is 0 Å². The number of thioether (sulfide) groups is 1. The quantitative estimate of drug-likeness (QED) is 0.276. The molecular formula is C24H23N3O3S. The number of hydrogen-bond acceptors (Lipinski definition) is 6. The summed E-state index contributed by atoms with van der Waals surface area (Å²) in [5, 5.41) is 8.36. The van der Waals surface area contributed by atoms with E-state index in [1.54, 1.807) is 0 Å². The molecule has 0 saturated carbocycles. The lowest BCUT2D eigenvalue weighted by molar-refractivity contribution is 0.102. The first-order valence-electron chi connectivity index (χ1n) is 9.93. The van der Waals surface area contributed by atoms with Crippen LogP contribution in [-0.2, 0) is 6.61 Å². The van der Waals surface area contributed by atoms with E-state index in [1.165, 1.54) is 11.8 Å². The van der Waals surface area contributed by atoms with Gasteiger partial charge in [-0.1, -0.05) is 47.7 Å². The van der Waals surface area contributed by atoms with E-state index in [-0.39, 0.29) is 18.1 Å². The number of nitrogens with zero attached hydrogens (tertiary/aromatic N) is 3. The number of para-hydroxylation sites is 1. The summed E-state index contributed by atoms with van der Waals surface area (Å²) in [5.74, 6) is 1.36.